The molecule has 0 spiro atoms. The van der Waals surface area contributed by atoms with E-state index in [1.54, 1.807) is 12.1 Å². The molecule has 0 amide bonds. The SMILES string of the molecule is CCNC(Cc1cccc(F)c1)c1cccc(C)c1. The van der Waals surface area contributed by atoms with Gasteiger partial charge in [-0.3, -0.25) is 0 Å². The van der Waals surface area contributed by atoms with E-state index in [1.165, 1.54) is 17.2 Å². The molecule has 0 aromatic heterocycles. The molecule has 2 heteroatoms. The Bertz CT molecular complexity index is 536. The summed E-state index contributed by atoms with van der Waals surface area (Å²) in [6.07, 6.45) is 0.801. The summed E-state index contributed by atoms with van der Waals surface area (Å²) < 4.78 is 13.2. The quantitative estimate of drug-likeness (QED) is 0.852. The molecule has 2 rings (SSSR count). The highest BCUT2D eigenvalue weighted by molar-refractivity contribution is 5.27. The zero-order chi connectivity index (χ0) is 13.7. The molecule has 2 aromatic carbocycles. The molecule has 100 valence electrons. The first-order valence-corrected chi connectivity index (χ1v) is 6.73. The maximum atomic E-state index is 13.2. The highest BCUT2D eigenvalue weighted by atomic mass is 19.1. The molecule has 1 N–H and O–H groups in total. The fourth-order valence-electron chi connectivity index (χ4n) is 2.34. The van der Waals surface area contributed by atoms with Gasteiger partial charge in [-0.25, -0.2) is 4.39 Å². The van der Waals surface area contributed by atoms with Crippen molar-refractivity contribution in [2.24, 2.45) is 0 Å². The first kappa shape index (κ1) is 13.8. The number of nitrogens with one attached hydrogen (secondary N) is 1. The zero-order valence-electron chi connectivity index (χ0n) is 11.5. The Balaban J connectivity index is 2.21. The molecule has 0 fully saturated rings. The average molecular weight is 257 g/mol. The van der Waals surface area contributed by atoms with Crippen molar-refractivity contribution in [2.75, 3.05) is 6.54 Å². The molecule has 0 aliphatic carbocycles. The van der Waals surface area contributed by atoms with E-state index in [0.29, 0.717) is 0 Å². The van der Waals surface area contributed by atoms with Gasteiger partial charge in [-0.05, 0) is 43.1 Å². The Morgan fingerprint density at radius 1 is 1.11 bits per heavy atom. The standard InChI is InChI=1S/C17H20FN/c1-3-19-17(15-8-4-6-13(2)10-15)12-14-7-5-9-16(18)11-14/h4-11,17,19H,3,12H2,1-2H3. The van der Waals surface area contributed by atoms with Gasteiger partial charge in [0.25, 0.3) is 0 Å². The van der Waals surface area contributed by atoms with Gasteiger partial charge in [0.15, 0.2) is 0 Å². The average Bonchev–Trinajstić information content (AvgIpc) is 2.38. The van der Waals surface area contributed by atoms with Crippen LogP contribution >= 0.6 is 0 Å². The molecule has 0 heterocycles. The van der Waals surface area contributed by atoms with E-state index >= 15 is 0 Å². The minimum absolute atomic E-state index is 0.169. The van der Waals surface area contributed by atoms with Crippen molar-refractivity contribution >= 4 is 0 Å². The van der Waals surface area contributed by atoms with Gasteiger partial charge in [-0.15, -0.1) is 0 Å². The van der Waals surface area contributed by atoms with Gasteiger partial charge in [0, 0.05) is 6.04 Å². The second-order valence-electron chi connectivity index (χ2n) is 4.86. The lowest BCUT2D eigenvalue weighted by molar-refractivity contribution is 0.546. The van der Waals surface area contributed by atoms with Gasteiger partial charge >= 0.3 is 0 Å². The van der Waals surface area contributed by atoms with Crippen molar-refractivity contribution in [3.05, 3.63) is 71.0 Å². The molecule has 0 aliphatic rings. The van der Waals surface area contributed by atoms with Crippen molar-refractivity contribution in [3.63, 3.8) is 0 Å². The Morgan fingerprint density at radius 2 is 1.89 bits per heavy atom. The van der Waals surface area contributed by atoms with Crippen LogP contribution in [-0.4, -0.2) is 6.54 Å². The van der Waals surface area contributed by atoms with Gasteiger partial charge in [0.2, 0.25) is 0 Å². The summed E-state index contributed by atoms with van der Waals surface area (Å²) in [5, 5.41) is 3.47. The molecule has 1 nitrogen and oxygen atoms in total. The first-order valence-electron chi connectivity index (χ1n) is 6.73. The largest absolute Gasteiger partial charge is 0.310 e. The van der Waals surface area contributed by atoms with Crippen LogP contribution in [0.4, 0.5) is 4.39 Å². The van der Waals surface area contributed by atoms with Crippen molar-refractivity contribution in [2.45, 2.75) is 26.3 Å². The van der Waals surface area contributed by atoms with Crippen LogP contribution in [0.1, 0.15) is 29.7 Å². The lowest BCUT2D eigenvalue weighted by Gasteiger charge is -2.19. The molecule has 1 unspecified atom stereocenters. The van der Waals surface area contributed by atoms with Crippen LogP contribution in [0.3, 0.4) is 0 Å². The van der Waals surface area contributed by atoms with Crippen molar-refractivity contribution in [3.8, 4) is 0 Å². The van der Waals surface area contributed by atoms with Crippen LogP contribution < -0.4 is 5.32 Å². The molecule has 0 radical (unpaired) electrons. The van der Waals surface area contributed by atoms with Crippen molar-refractivity contribution in [1.82, 2.24) is 5.32 Å². The van der Waals surface area contributed by atoms with E-state index < -0.39 is 0 Å². The molecule has 0 aliphatic heterocycles. The van der Waals surface area contributed by atoms with Crippen molar-refractivity contribution in [1.29, 1.82) is 0 Å². The molecule has 0 saturated heterocycles. The minimum Gasteiger partial charge on any atom is -0.310 e. The fourth-order valence-corrected chi connectivity index (χ4v) is 2.34. The van der Waals surface area contributed by atoms with E-state index in [9.17, 15) is 4.39 Å². The summed E-state index contributed by atoms with van der Waals surface area (Å²) in [4.78, 5) is 0. The van der Waals surface area contributed by atoms with Crippen LogP contribution in [0.2, 0.25) is 0 Å². The second kappa shape index (κ2) is 6.48. The Morgan fingerprint density at radius 3 is 2.58 bits per heavy atom. The number of rotatable bonds is 5. The maximum absolute atomic E-state index is 13.2. The van der Waals surface area contributed by atoms with Crippen LogP contribution in [0.15, 0.2) is 48.5 Å². The van der Waals surface area contributed by atoms with Crippen LogP contribution in [0.25, 0.3) is 0 Å². The monoisotopic (exact) mass is 257 g/mol. The Hall–Kier alpha value is -1.67. The highest BCUT2D eigenvalue weighted by Crippen LogP contribution is 2.20. The first-order chi connectivity index (χ1) is 9.19. The third-order valence-corrected chi connectivity index (χ3v) is 3.22. The number of hydrogen-bond acceptors (Lipinski definition) is 1. The van der Waals surface area contributed by atoms with Crippen LogP contribution in [0.5, 0.6) is 0 Å². The summed E-state index contributed by atoms with van der Waals surface area (Å²) in [5.41, 5.74) is 3.53. The van der Waals surface area contributed by atoms with Gasteiger partial charge < -0.3 is 5.32 Å². The highest BCUT2D eigenvalue weighted by Gasteiger charge is 2.11. The third kappa shape index (κ3) is 3.90. The van der Waals surface area contributed by atoms with E-state index in [-0.39, 0.29) is 11.9 Å². The van der Waals surface area contributed by atoms with Crippen LogP contribution in [-0.2, 0) is 6.42 Å². The molecule has 1 atom stereocenters. The third-order valence-electron chi connectivity index (χ3n) is 3.22. The van der Waals surface area contributed by atoms with E-state index in [1.807, 2.05) is 6.07 Å². The fraction of sp³-hybridized carbons (Fsp3) is 0.294. The van der Waals surface area contributed by atoms with E-state index in [2.05, 4.69) is 43.4 Å². The number of aryl methyl sites for hydroxylation is 1. The van der Waals surface area contributed by atoms with E-state index in [0.717, 1.165) is 18.5 Å². The molecule has 19 heavy (non-hydrogen) atoms. The number of halogens is 1. The Kier molecular flexibility index (Phi) is 4.69. The van der Waals surface area contributed by atoms with E-state index in [4.69, 9.17) is 0 Å². The van der Waals surface area contributed by atoms with Gasteiger partial charge in [-0.2, -0.15) is 0 Å². The smallest absolute Gasteiger partial charge is 0.123 e. The molecular formula is C17H20FN. The predicted octanol–water partition coefficient (Wildman–Crippen LogP) is 4.03. The summed E-state index contributed by atoms with van der Waals surface area (Å²) in [6, 6.07) is 15.5. The molecule has 0 saturated carbocycles. The maximum Gasteiger partial charge on any atom is 0.123 e. The predicted molar refractivity (Wildman–Crippen MR) is 77.7 cm³/mol. The topological polar surface area (TPSA) is 12.0 Å². The number of benzene rings is 2. The molecule has 2 aromatic rings. The summed E-state index contributed by atoms with van der Waals surface area (Å²) in [6.45, 7) is 5.08. The van der Waals surface area contributed by atoms with Crippen molar-refractivity contribution < 1.29 is 4.39 Å². The lowest BCUT2D eigenvalue weighted by Crippen LogP contribution is -2.23. The second-order valence-corrected chi connectivity index (χ2v) is 4.86. The van der Waals surface area contributed by atoms with Gasteiger partial charge in [0.05, 0.1) is 0 Å². The number of likely N-dealkylation sites (N-methyl/N-ethyl adjacent to an activating group) is 1. The summed E-state index contributed by atoms with van der Waals surface area (Å²) in [5.74, 6) is -0.169. The van der Waals surface area contributed by atoms with Crippen LogP contribution in [0, 0.1) is 12.7 Å². The number of hydrogen-bond donors (Lipinski definition) is 1. The lowest BCUT2D eigenvalue weighted by atomic mass is 9.97. The van der Waals surface area contributed by atoms with Gasteiger partial charge in [0.1, 0.15) is 5.82 Å². The molecular weight excluding hydrogens is 237 g/mol. The molecule has 0 bridgehead atoms. The summed E-state index contributed by atoms with van der Waals surface area (Å²) in [7, 11) is 0. The summed E-state index contributed by atoms with van der Waals surface area (Å²) >= 11 is 0. The minimum atomic E-state index is -0.169. The zero-order valence-corrected chi connectivity index (χ0v) is 11.5. The Labute approximate surface area is 114 Å². The normalized spacial score (nSPS) is 12.4. The van der Waals surface area contributed by atoms with Gasteiger partial charge in [-0.1, -0.05) is 48.9 Å².